The summed E-state index contributed by atoms with van der Waals surface area (Å²) in [4.78, 5) is 3.30. The van der Waals surface area contributed by atoms with E-state index in [1.807, 2.05) is 0 Å². The predicted octanol–water partition coefficient (Wildman–Crippen LogP) is 3.32. The molecule has 4 nitrogen and oxygen atoms in total. The molecular formula is C15H16BrClFN3O. The average molecular weight is 389 g/mol. The van der Waals surface area contributed by atoms with Crippen LogP contribution in [0.5, 0.6) is 0 Å². The fraction of sp³-hybridized carbons (Fsp3) is 0.467. The third-order valence-corrected chi connectivity index (χ3v) is 5.56. The van der Waals surface area contributed by atoms with Crippen molar-refractivity contribution < 1.29 is 9.50 Å². The van der Waals surface area contributed by atoms with Crippen molar-refractivity contribution in [3.05, 3.63) is 46.7 Å². The smallest absolute Gasteiger partial charge is 0.137 e. The number of hydrogen-bond acceptors (Lipinski definition) is 3. The highest BCUT2D eigenvalue weighted by Crippen LogP contribution is 2.53. The van der Waals surface area contributed by atoms with Crippen LogP contribution in [-0.4, -0.2) is 30.3 Å². The summed E-state index contributed by atoms with van der Waals surface area (Å²) in [5.41, 5.74) is -0.116. The van der Waals surface area contributed by atoms with E-state index in [-0.39, 0.29) is 5.82 Å². The zero-order valence-corrected chi connectivity index (χ0v) is 14.2. The zero-order valence-electron chi connectivity index (χ0n) is 11.8. The highest BCUT2D eigenvalue weighted by atomic mass is 79.9. The van der Waals surface area contributed by atoms with Gasteiger partial charge in [0.1, 0.15) is 24.1 Å². The Labute approximate surface area is 141 Å². The molecule has 0 bridgehead atoms. The Morgan fingerprint density at radius 2 is 2.23 bits per heavy atom. The summed E-state index contributed by atoms with van der Waals surface area (Å²) in [6, 6.07) is 4.88. The lowest BCUT2D eigenvalue weighted by atomic mass is 9.89. The van der Waals surface area contributed by atoms with Gasteiger partial charge in [0.25, 0.3) is 0 Å². The number of halogens is 3. The van der Waals surface area contributed by atoms with Crippen molar-refractivity contribution in [1.29, 1.82) is 0 Å². The maximum atomic E-state index is 13.3. The number of aryl methyl sites for hydroxylation is 1. The minimum atomic E-state index is -1.07. The molecule has 0 aliphatic heterocycles. The van der Waals surface area contributed by atoms with Gasteiger partial charge < -0.3 is 5.11 Å². The maximum Gasteiger partial charge on any atom is 0.137 e. The van der Waals surface area contributed by atoms with E-state index >= 15 is 0 Å². The molecule has 1 heterocycles. The molecule has 3 rings (SSSR count). The van der Waals surface area contributed by atoms with Gasteiger partial charge in [-0.15, -0.1) is 11.6 Å². The van der Waals surface area contributed by atoms with E-state index < -0.39 is 10.5 Å². The average Bonchev–Trinajstić information content (AvgIpc) is 3.05. The second-order valence-electron chi connectivity index (χ2n) is 5.84. The Morgan fingerprint density at radius 1 is 1.45 bits per heavy atom. The molecule has 1 aliphatic carbocycles. The number of aliphatic hydroxyl groups is 1. The maximum absolute atomic E-state index is 13.3. The van der Waals surface area contributed by atoms with Gasteiger partial charge in [-0.1, -0.05) is 6.07 Å². The first-order valence-electron chi connectivity index (χ1n) is 7.10. The zero-order chi connectivity index (χ0) is 15.8. The molecule has 22 heavy (non-hydrogen) atoms. The highest BCUT2D eigenvalue weighted by molar-refractivity contribution is 9.10. The Bertz CT molecular complexity index is 663. The minimum absolute atomic E-state index is 0.294. The molecule has 1 aliphatic rings. The lowest BCUT2D eigenvalue weighted by Gasteiger charge is -2.33. The summed E-state index contributed by atoms with van der Waals surface area (Å²) in [6.07, 6.45) is 5.67. The van der Waals surface area contributed by atoms with Gasteiger partial charge in [-0.05, 0) is 59.3 Å². The lowest BCUT2D eigenvalue weighted by molar-refractivity contribution is -0.000461. The predicted molar refractivity (Wildman–Crippen MR) is 85.2 cm³/mol. The molecule has 0 amide bonds. The van der Waals surface area contributed by atoms with Crippen LogP contribution in [0, 0.1) is 5.82 Å². The van der Waals surface area contributed by atoms with Gasteiger partial charge in [-0.25, -0.2) is 9.37 Å². The first kappa shape index (κ1) is 15.9. The van der Waals surface area contributed by atoms with Crippen molar-refractivity contribution >= 4 is 27.5 Å². The van der Waals surface area contributed by atoms with E-state index in [0.29, 0.717) is 23.9 Å². The van der Waals surface area contributed by atoms with Gasteiger partial charge in [-0.2, -0.15) is 5.10 Å². The summed E-state index contributed by atoms with van der Waals surface area (Å²) >= 11 is 9.69. The lowest BCUT2D eigenvalue weighted by Crippen LogP contribution is -2.45. The van der Waals surface area contributed by atoms with Crippen LogP contribution in [0.3, 0.4) is 0 Å². The van der Waals surface area contributed by atoms with Crippen LogP contribution >= 0.6 is 27.5 Å². The Morgan fingerprint density at radius 3 is 2.82 bits per heavy atom. The Balaban J connectivity index is 1.74. The van der Waals surface area contributed by atoms with Crippen molar-refractivity contribution in [1.82, 2.24) is 14.8 Å². The monoisotopic (exact) mass is 387 g/mol. The molecule has 1 aromatic carbocycles. The largest absolute Gasteiger partial charge is 0.386 e. The molecule has 2 aromatic rings. The topological polar surface area (TPSA) is 50.9 Å². The van der Waals surface area contributed by atoms with Crippen molar-refractivity contribution in [2.24, 2.45) is 0 Å². The van der Waals surface area contributed by atoms with E-state index in [0.717, 1.165) is 18.4 Å². The normalized spacial score (nSPS) is 18.9. The molecule has 1 fully saturated rings. The summed E-state index contributed by atoms with van der Waals surface area (Å²) in [5.74, 6) is -0.294. The number of benzene rings is 1. The molecule has 1 aromatic heterocycles. The van der Waals surface area contributed by atoms with Crippen LogP contribution in [0.15, 0.2) is 35.3 Å². The molecule has 1 unspecified atom stereocenters. The summed E-state index contributed by atoms with van der Waals surface area (Å²) in [6.45, 7) is 0.304. The number of alkyl halides is 1. The Kier molecular flexibility index (Phi) is 4.27. The van der Waals surface area contributed by atoms with Crippen LogP contribution in [0.2, 0.25) is 0 Å². The Hall–Kier alpha value is -0.980. The van der Waals surface area contributed by atoms with E-state index in [4.69, 9.17) is 11.6 Å². The number of nitrogens with zero attached hydrogens (tertiary/aromatic N) is 3. The highest BCUT2D eigenvalue weighted by Gasteiger charge is 2.57. The van der Waals surface area contributed by atoms with Crippen LogP contribution in [0.25, 0.3) is 0 Å². The summed E-state index contributed by atoms with van der Waals surface area (Å²) < 4.78 is 15.3. The molecule has 1 saturated carbocycles. The summed E-state index contributed by atoms with van der Waals surface area (Å²) in [5, 5.41) is 15.1. The van der Waals surface area contributed by atoms with Crippen LogP contribution in [0.1, 0.15) is 24.8 Å². The van der Waals surface area contributed by atoms with Gasteiger partial charge in [0, 0.05) is 0 Å². The quantitative estimate of drug-likeness (QED) is 0.772. The fourth-order valence-corrected chi connectivity index (χ4v) is 3.32. The van der Waals surface area contributed by atoms with Crippen molar-refractivity contribution in [3.8, 4) is 0 Å². The van der Waals surface area contributed by atoms with Crippen molar-refractivity contribution in [2.45, 2.75) is 42.7 Å². The van der Waals surface area contributed by atoms with Crippen LogP contribution in [0.4, 0.5) is 4.39 Å². The molecule has 7 heteroatoms. The number of rotatable bonds is 6. The van der Waals surface area contributed by atoms with E-state index in [1.54, 1.807) is 23.1 Å². The molecule has 1 N–H and O–H groups in total. The molecule has 0 saturated heterocycles. The van der Waals surface area contributed by atoms with E-state index in [9.17, 15) is 9.50 Å². The second kappa shape index (κ2) is 5.91. The third kappa shape index (κ3) is 3.19. The first-order chi connectivity index (χ1) is 10.4. The standard InChI is InChI=1S/C15H16BrClFN3O/c16-12-7-11(1-2-13(12)18)3-4-15(22,14(17)5-6-14)8-21-10-19-9-20-21/h1-2,7,9-10,22H,3-6,8H2. The molecule has 118 valence electrons. The van der Waals surface area contributed by atoms with Crippen LogP contribution in [-0.2, 0) is 13.0 Å². The van der Waals surface area contributed by atoms with Crippen molar-refractivity contribution in [3.63, 3.8) is 0 Å². The molecule has 1 atom stereocenters. The van der Waals surface area contributed by atoms with Crippen molar-refractivity contribution in [2.75, 3.05) is 0 Å². The number of hydrogen-bond donors (Lipinski definition) is 1. The van der Waals surface area contributed by atoms with Crippen LogP contribution < -0.4 is 0 Å². The molecule has 0 spiro atoms. The van der Waals surface area contributed by atoms with Gasteiger partial charge in [0.2, 0.25) is 0 Å². The second-order valence-corrected chi connectivity index (χ2v) is 7.42. The van der Waals surface area contributed by atoms with E-state index in [2.05, 4.69) is 26.0 Å². The van der Waals surface area contributed by atoms with E-state index in [1.165, 1.54) is 12.4 Å². The number of aromatic nitrogens is 3. The van der Waals surface area contributed by atoms with Gasteiger partial charge in [0.05, 0.1) is 15.9 Å². The third-order valence-electron chi connectivity index (χ3n) is 4.22. The minimum Gasteiger partial charge on any atom is -0.386 e. The summed E-state index contributed by atoms with van der Waals surface area (Å²) in [7, 11) is 0. The van der Waals surface area contributed by atoms with Gasteiger partial charge in [-0.3, -0.25) is 4.68 Å². The molecule has 0 radical (unpaired) electrons. The fourth-order valence-electron chi connectivity index (χ4n) is 2.65. The first-order valence-corrected chi connectivity index (χ1v) is 8.27. The van der Waals surface area contributed by atoms with Gasteiger partial charge in [0.15, 0.2) is 0 Å². The van der Waals surface area contributed by atoms with Gasteiger partial charge >= 0.3 is 0 Å². The SMILES string of the molecule is OC(CCc1ccc(F)c(Br)c1)(Cn1cncn1)C1(Cl)CC1. The molecular weight excluding hydrogens is 373 g/mol.